The lowest BCUT2D eigenvalue weighted by atomic mass is 10.1. The molecule has 180 valence electrons. The molecule has 34 heavy (non-hydrogen) atoms. The molecule has 0 aliphatic heterocycles. The Bertz CT molecular complexity index is 1180. The summed E-state index contributed by atoms with van der Waals surface area (Å²) >= 11 is 0. The standard InChI is InChI=1S/C24H26FN3O5S/c1-2-22(24(30)26-15-20-7-6-14-33-20)28(17-18-10-12-19(25)13-11-18)23(29)16-27-34(31,32)21-8-4-3-5-9-21/h3-14,22,27H,2,15-17H2,1H3,(H,26,30)/t22-/m1/s1. The molecule has 1 heterocycles. The smallest absolute Gasteiger partial charge is 0.243 e. The van der Waals surface area contributed by atoms with Crippen LogP contribution in [0.15, 0.2) is 82.3 Å². The summed E-state index contributed by atoms with van der Waals surface area (Å²) in [7, 11) is -3.92. The maximum Gasteiger partial charge on any atom is 0.243 e. The van der Waals surface area contributed by atoms with Crippen molar-refractivity contribution in [1.82, 2.24) is 14.9 Å². The number of benzene rings is 2. The summed E-state index contributed by atoms with van der Waals surface area (Å²) in [6.07, 6.45) is 1.77. The predicted molar refractivity (Wildman–Crippen MR) is 123 cm³/mol. The van der Waals surface area contributed by atoms with E-state index < -0.39 is 40.2 Å². The van der Waals surface area contributed by atoms with Gasteiger partial charge in [-0.05, 0) is 48.4 Å². The minimum atomic E-state index is -3.92. The molecule has 3 aromatic rings. The van der Waals surface area contributed by atoms with Crippen LogP contribution < -0.4 is 10.0 Å². The van der Waals surface area contributed by atoms with Crippen LogP contribution in [0.5, 0.6) is 0 Å². The fourth-order valence-corrected chi connectivity index (χ4v) is 4.35. The molecule has 2 amide bonds. The molecule has 0 aliphatic carbocycles. The second kappa shape index (κ2) is 11.6. The summed E-state index contributed by atoms with van der Waals surface area (Å²) in [5, 5.41) is 2.74. The van der Waals surface area contributed by atoms with Crippen molar-refractivity contribution in [3.8, 4) is 0 Å². The maximum absolute atomic E-state index is 13.4. The van der Waals surface area contributed by atoms with Gasteiger partial charge in [-0.25, -0.2) is 17.5 Å². The van der Waals surface area contributed by atoms with Crippen molar-refractivity contribution in [2.24, 2.45) is 0 Å². The molecule has 1 aromatic heterocycles. The molecule has 0 spiro atoms. The highest BCUT2D eigenvalue weighted by Gasteiger charge is 2.29. The lowest BCUT2D eigenvalue weighted by Gasteiger charge is -2.30. The number of hydrogen-bond donors (Lipinski definition) is 2. The van der Waals surface area contributed by atoms with Crippen molar-refractivity contribution in [2.45, 2.75) is 37.4 Å². The van der Waals surface area contributed by atoms with E-state index in [0.29, 0.717) is 11.3 Å². The molecule has 2 N–H and O–H groups in total. The summed E-state index contributed by atoms with van der Waals surface area (Å²) in [5.74, 6) is -0.889. The number of sulfonamides is 1. The SMILES string of the molecule is CC[C@H](C(=O)NCc1ccco1)N(Cc1ccc(F)cc1)C(=O)CNS(=O)(=O)c1ccccc1. The average molecular weight is 488 g/mol. The molecule has 0 saturated heterocycles. The lowest BCUT2D eigenvalue weighted by Crippen LogP contribution is -2.51. The Labute approximate surface area is 197 Å². The highest BCUT2D eigenvalue weighted by molar-refractivity contribution is 7.89. The summed E-state index contributed by atoms with van der Waals surface area (Å²) in [6.45, 7) is 1.34. The second-order valence-corrected chi connectivity index (χ2v) is 9.27. The lowest BCUT2D eigenvalue weighted by molar-refractivity contribution is -0.140. The largest absolute Gasteiger partial charge is 0.467 e. The van der Waals surface area contributed by atoms with Gasteiger partial charge >= 0.3 is 0 Å². The molecular formula is C24H26FN3O5S. The summed E-state index contributed by atoms with van der Waals surface area (Å²) in [4.78, 5) is 27.4. The zero-order valence-electron chi connectivity index (χ0n) is 18.6. The molecule has 8 nitrogen and oxygen atoms in total. The Balaban J connectivity index is 1.77. The van der Waals surface area contributed by atoms with Gasteiger partial charge in [0.15, 0.2) is 0 Å². The van der Waals surface area contributed by atoms with E-state index in [1.165, 1.54) is 47.6 Å². The van der Waals surface area contributed by atoms with Crippen molar-refractivity contribution in [3.05, 3.63) is 90.1 Å². The van der Waals surface area contributed by atoms with E-state index >= 15 is 0 Å². The van der Waals surface area contributed by atoms with Crippen molar-refractivity contribution < 1.29 is 26.8 Å². The van der Waals surface area contributed by atoms with Gasteiger partial charge in [0.05, 0.1) is 24.2 Å². The van der Waals surface area contributed by atoms with Crippen molar-refractivity contribution in [1.29, 1.82) is 0 Å². The number of nitrogens with one attached hydrogen (secondary N) is 2. The summed E-state index contributed by atoms with van der Waals surface area (Å²) in [5.41, 5.74) is 0.595. The van der Waals surface area contributed by atoms with Crippen LogP contribution in [0.3, 0.4) is 0 Å². The molecular weight excluding hydrogens is 461 g/mol. The van der Waals surface area contributed by atoms with Gasteiger partial charge in [0.2, 0.25) is 21.8 Å². The third-order valence-electron chi connectivity index (χ3n) is 5.14. The maximum atomic E-state index is 13.4. The number of halogens is 1. The minimum absolute atomic E-state index is 0.00113. The third-order valence-corrected chi connectivity index (χ3v) is 6.55. The molecule has 2 aromatic carbocycles. The Morgan fingerprint density at radius 2 is 1.74 bits per heavy atom. The van der Waals surface area contributed by atoms with Gasteiger partial charge in [-0.2, -0.15) is 0 Å². The van der Waals surface area contributed by atoms with E-state index in [2.05, 4.69) is 10.0 Å². The fraction of sp³-hybridized carbons (Fsp3) is 0.250. The van der Waals surface area contributed by atoms with E-state index in [1.54, 1.807) is 37.3 Å². The van der Waals surface area contributed by atoms with E-state index in [4.69, 9.17) is 4.42 Å². The highest BCUT2D eigenvalue weighted by Crippen LogP contribution is 2.14. The number of furan rings is 1. The first kappa shape index (κ1) is 25.1. The van der Waals surface area contributed by atoms with Crippen LogP contribution in [-0.2, 0) is 32.7 Å². The zero-order valence-corrected chi connectivity index (χ0v) is 19.4. The molecule has 0 aliphatic rings. The quantitative estimate of drug-likeness (QED) is 0.432. The van der Waals surface area contributed by atoms with Crippen molar-refractivity contribution >= 4 is 21.8 Å². The Morgan fingerprint density at radius 3 is 2.35 bits per heavy atom. The van der Waals surface area contributed by atoms with E-state index in [9.17, 15) is 22.4 Å². The third kappa shape index (κ3) is 6.75. The molecule has 0 saturated carbocycles. The first-order chi connectivity index (χ1) is 16.3. The fourth-order valence-electron chi connectivity index (χ4n) is 3.35. The van der Waals surface area contributed by atoms with Gasteiger partial charge in [-0.3, -0.25) is 9.59 Å². The van der Waals surface area contributed by atoms with Crippen LogP contribution in [0.4, 0.5) is 4.39 Å². The Hall–Kier alpha value is -3.50. The highest BCUT2D eigenvalue weighted by atomic mass is 32.2. The molecule has 10 heteroatoms. The number of hydrogen-bond acceptors (Lipinski definition) is 5. The summed E-state index contributed by atoms with van der Waals surface area (Å²) < 4.78 is 46.0. The van der Waals surface area contributed by atoms with Gasteiger partial charge in [0.25, 0.3) is 0 Å². The van der Waals surface area contributed by atoms with E-state index in [-0.39, 0.29) is 24.4 Å². The summed E-state index contributed by atoms with van der Waals surface area (Å²) in [6, 6.07) is 15.7. The van der Waals surface area contributed by atoms with Crippen LogP contribution in [-0.4, -0.2) is 37.7 Å². The van der Waals surface area contributed by atoms with Crippen LogP contribution >= 0.6 is 0 Å². The second-order valence-electron chi connectivity index (χ2n) is 7.51. The Morgan fingerprint density at radius 1 is 1.03 bits per heavy atom. The van der Waals surface area contributed by atoms with Crippen LogP contribution in [0.25, 0.3) is 0 Å². The van der Waals surface area contributed by atoms with E-state index in [1.807, 2.05) is 0 Å². The van der Waals surface area contributed by atoms with Gasteiger partial charge in [-0.15, -0.1) is 0 Å². The van der Waals surface area contributed by atoms with Crippen LogP contribution in [0.1, 0.15) is 24.7 Å². The molecule has 0 bridgehead atoms. The normalized spacial score (nSPS) is 12.2. The van der Waals surface area contributed by atoms with Gasteiger partial charge in [-0.1, -0.05) is 37.3 Å². The number of carbonyl (C=O) groups excluding carboxylic acids is 2. The molecule has 0 fully saturated rings. The van der Waals surface area contributed by atoms with Gasteiger partial charge in [0.1, 0.15) is 17.6 Å². The van der Waals surface area contributed by atoms with E-state index in [0.717, 1.165) is 0 Å². The number of nitrogens with zero attached hydrogens (tertiary/aromatic N) is 1. The number of amides is 2. The minimum Gasteiger partial charge on any atom is -0.467 e. The zero-order chi connectivity index (χ0) is 24.6. The van der Waals surface area contributed by atoms with Crippen LogP contribution in [0.2, 0.25) is 0 Å². The predicted octanol–water partition coefficient (Wildman–Crippen LogP) is 2.82. The molecule has 0 radical (unpaired) electrons. The average Bonchev–Trinajstić information content (AvgIpc) is 3.37. The first-order valence-electron chi connectivity index (χ1n) is 10.7. The van der Waals surface area contributed by atoms with Gasteiger partial charge in [0, 0.05) is 6.54 Å². The number of carbonyl (C=O) groups is 2. The topological polar surface area (TPSA) is 109 Å². The van der Waals surface area contributed by atoms with Gasteiger partial charge < -0.3 is 14.6 Å². The first-order valence-corrected chi connectivity index (χ1v) is 12.2. The molecule has 3 rings (SSSR count). The van der Waals surface area contributed by atoms with Crippen molar-refractivity contribution in [3.63, 3.8) is 0 Å². The number of rotatable bonds is 11. The van der Waals surface area contributed by atoms with Crippen molar-refractivity contribution in [2.75, 3.05) is 6.54 Å². The molecule has 1 atom stereocenters. The Kier molecular flexibility index (Phi) is 8.55. The molecule has 0 unspecified atom stereocenters. The van der Waals surface area contributed by atoms with Crippen LogP contribution in [0, 0.1) is 5.82 Å². The monoisotopic (exact) mass is 487 g/mol.